The van der Waals surface area contributed by atoms with Crippen molar-refractivity contribution in [2.45, 2.75) is 19.7 Å². The van der Waals surface area contributed by atoms with Crippen molar-refractivity contribution in [2.75, 3.05) is 4.72 Å². The van der Waals surface area contributed by atoms with Crippen LogP contribution in [0.4, 0.5) is 5.13 Å². The van der Waals surface area contributed by atoms with E-state index >= 15 is 0 Å². The summed E-state index contributed by atoms with van der Waals surface area (Å²) in [6.45, 7) is 0. The molecule has 2 heterocycles. The summed E-state index contributed by atoms with van der Waals surface area (Å²) in [4.78, 5) is 15.0. The SMILES string of the molecule is O=C(O)Cc1cnc(NS(=O)(=O)c2ccc(S(=O)(=O)c3ccccc3)s2)s1. The Hall–Kier alpha value is -2.28. The highest BCUT2D eigenvalue weighted by Crippen LogP contribution is 2.31. The number of sulfonamides is 1. The maximum atomic E-state index is 12.6. The van der Waals surface area contributed by atoms with E-state index in [-0.39, 0.29) is 24.9 Å². The molecular formula is C15H12N2O6S4. The van der Waals surface area contributed by atoms with E-state index in [1.165, 1.54) is 30.5 Å². The lowest BCUT2D eigenvalue weighted by atomic mass is 10.4. The second-order valence-corrected chi connectivity index (χ2v) is 11.5. The van der Waals surface area contributed by atoms with Crippen molar-refractivity contribution in [3.05, 3.63) is 53.5 Å². The number of nitrogens with one attached hydrogen (secondary N) is 1. The van der Waals surface area contributed by atoms with Gasteiger partial charge in [-0.15, -0.1) is 22.7 Å². The molecule has 2 aromatic heterocycles. The van der Waals surface area contributed by atoms with Crippen LogP contribution in [0.2, 0.25) is 0 Å². The highest BCUT2D eigenvalue weighted by atomic mass is 32.3. The number of aromatic nitrogens is 1. The number of carbonyl (C=O) groups is 1. The molecule has 8 nitrogen and oxygen atoms in total. The summed E-state index contributed by atoms with van der Waals surface area (Å²) in [5.41, 5.74) is 0. The summed E-state index contributed by atoms with van der Waals surface area (Å²) in [6, 6.07) is 10.1. The van der Waals surface area contributed by atoms with E-state index in [2.05, 4.69) is 9.71 Å². The molecule has 3 aromatic rings. The first-order chi connectivity index (χ1) is 12.7. The number of carboxylic acids is 1. The molecular weight excluding hydrogens is 432 g/mol. The standard InChI is InChI=1S/C15H12N2O6S4/c18-12(19)8-10-9-16-15(24-10)17-27(22,23)14-7-6-13(25-14)26(20,21)11-4-2-1-3-5-11/h1-7,9H,8H2,(H,16,17)(H,18,19). The molecule has 0 aliphatic heterocycles. The molecule has 3 rings (SSSR count). The lowest BCUT2D eigenvalue weighted by Crippen LogP contribution is -2.11. The van der Waals surface area contributed by atoms with Crippen molar-refractivity contribution in [3.8, 4) is 0 Å². The van der Waals surface area contributed by atoms with Crippen LogP contribution in [-0.4, -0.2) is 32.9 Å². The monoisotopic (exact) mass is 444 g/mol. The molecule has 0 bridgehead atoms. The smallest absolute Gasteiger partial charge is 0.308 e. The number of hydrogen-bond acceptors (Lipinski definition) is 8. The van der Waals surface area contributed by atoms with Crippen LogP contribution in [0.25, 0.3) is 0 Å². The number of benzene rings is 1. The summed E-state index contributed by atoms with van der Waals surface area (Å²) in [5, 5.41) is 8.75. The quantitative estimate of drug-likeness (QED) is 0.572. The van der Waals surface area contributed by atoms with Gasteiger partial charge in [0.05, 0.1) is 11.3 Å². The Morgan fingerprint density at radius 1 is 1.00 bits per heavy atom. The molecule has 12 heteroatoms. The molecule has 142 valence electrons. The van der Waals surface area contributed by atoms with Crippen molar-refractivity contribution < 1.29 is 26.7 Å². The van der Waals surface area contributed by atoms with Gasteiger partial charge < -0.3 is 5.11 Å². The van der Waals surface area contributed by atoms with E-state index in [4.69, 9.17) is 5.11 Å². The number of aliphatic carboxylic acids is 1. The summed E-state index contributed by atoms with van der Waals surface area (Å²) < 4.78 is 52.0. The van der Waals surface area contributed by atoms with E-state index in [9.17, 15) is 21.6 Å². The minimum Gasteiger partial charge on any atom is -0.481 e. The van der Waals surface area contributed by atoms with Gasteiger partial charge in [0.15, 0.2) is 5.13 Å². The first-order valence-electron chi connectivity index (χ1n) is 7.28. The Balaban J connectivity index is 1.85. The third-order valence-electron chi connectivity index (χ3n) is 3.24. The van der Waals surface area contributed by atoms with Crippen LogP contribution in [0.15, 0.2) is 62.0 Å². The van der Waals surface area contributed by atoms with Crippen molar-refractivity contribution in [1.82, 2.24) is 4.98 Å². The number of anilines is 1. The number of carboxylic acid groups (broad SMARTS) is 1. The molecule has 2 N–H and O–H groups in total. The Bertz CT molecular complexity index is 1180. The fourth-order valence-corrected chi connectivity index (χ4v) is 7.29. The highest BCUT2D eigenvalue weighted by molar-refractivity contribution is 7.96. The van der Waals surface area contributed by atoms with Crippen LogP contribution in [0.3, 0.4) is 0 Å². The van der Waals surface area contributed by atoms with Crippen molar-refractivity contribution in [1.29, 1.82) is 0 Å². The van der Waals surface area contributed by atoms with Gasteiger partial charge in [-0.2, -0.15) is 0 Å². The number of hydrogen-bond donors (Lipinski definition) is 2. The van der Waals surface area contributed by atoms with Crippen LogP contribution in [-0.2, 0) is 31.1 Å². The number of nitrogens with zero attached hydrogens (tertiary/aromatic N) is 1. The van der Waals surface area contributed by atoms with Crippen LogP contribution in [0.5, 0.6) is 0 Å². The summed E-state index contributed by atoms with van der Waals surface area (Å²) in [5.74, 6) is -1.05. The summed E-state index contributed by atoms with van der Waals surface area (Å²) >= 11 is 1.52. The maximum Gasteiger partial charge on any atom is 0.308 e. The average Bonchev–Trinajstić information content (AvgIpc) is 3.25. The fourth-order valence-electron chi connectivity index (χ4n) is 2.06. The predicted molar refractivity (Wildman–Crippen MR) is 100 cm³/mol. The third kappa shape index (κ3) is 4.35. The Morgan fingerprint density at radius 2 is 1.67 bits per heavy atom. The predicted octanol–water partition coefficient (Wildman–Crippen LogP) is 2.47. The van der Waals surface area contributed by atoms with Crippen molar-refractivity contribution in [2.24, 2.45) is 0 Å². The highest BCUT2D eigenvalue weighted by Gasteiger charge is 2.25. The van der Waals surface area contributed by atoms with Gasteiger partial charge in [-0.1, -0.05) is 18.2 Å². The van der Waals surface area contributed by atoms with Crippen LogP contribution >= 0.6 is 22.7 Å². The molecule has 0 aliphatic carbocycles. The zero-order valence-corrected chi connectivity index (χ0v) is 16.7. The van der Waals surface area contributed by atoms with E-state index in [0.717, 1.165) is 11.3 Å². The Labute approximate surface area is 163 Å². The van der Waals surface area contributed by atoms with Crippen molar-refractivity contribution in [3.63, 3.8) is 0 Å². The lowest BCUT2D eigenvalue weighted by molar-refractivity contribution is -0.136. The van der Waals surface area contributed by atoms with Crippen LogP contribution in [0, 0.1) is 0 Å². The largest absolute Gasteiger partial charge is 0.481 e. The van der Waals surface area contributed by atoms with Gasteiger partial charge >= 0.3 is 5.97 Å². The second-order valence-electron chi connectivity index (χ2n) is 5.20. The first-order valence-corrected chi connectivity index (χ1v) is 11.9. The molecule has 0 radical (unpaired) electrons. The molecule has 0 saturated heterocycles. The van der Waals surface area contributed by atoms with Gasteiger partial charge in [0.25, 0.3) is 10.0 Å². The molecule has 0 amide bonds. The molecule has 0 spiro atoms. The Kier molecular flexibility index (Phi) is 5.33. The topological polar surface area (TPSA) is 130 Å². The zero-order valence-electron chi connectivity index (χ0n) is 13.4. The van der Waals surface area contributed by atoms with Gasteiger partial charge in [-0.25, -0.2) is 21.8 Å². The van der Waals surface area contributed by atoms with Gasteiger partial charge in [0.2, 0.25) is 9.84 Å². The van der Waals surface area contributed by atoms with E-state index in [1.54, 1.807) is 18.2 Å². The van der Waals surface area contributed by atoms with Crippen LogP contribution < -0.4 is 4.72 Å². The van der Waals surface area contributed by atoms with Gasteiger partial charge in [0, 0.05) is 11.1 Å². The molecule has 0 unspecified atom stereocenters. The van der Waals surface area contributed by atoms with Crippen molar-refractivity contribution >= 4 is 53.6 Å². The zero-order chi connectivity index (χ0) is 19.7. The molecule has 27 heavy (non-hydrogen) atoms. The van der Waals surface area contributed by atoms with E-state index in [0.29, 0.717) is 16.2 Å². The summed E-state index contributed by atoms with van der Waals surface area (Å²) in [7, 11) is -7.86. The first kappa shape index (κ1) is 19.5. The molecule has 0 aliphatic rings. The molecule has 0 atom stereocenters. The molecule has 1 aromatic carbocycles. The van der Waals surface area contributed by atoms with Crippen LogP contribution in [0.1, 0.15) is 4.88 Å². The number of sulfone groups is 1. The van der Waals surface area contributed by atoms with Gasteiger partial charge in [-0.05, 0) is 24.3 Å². The number of thiazole rings is 1. The molecule has 0 fully saturated rings. The second kappa shape index (κ2) is 7.38. The minimum absolute atomic E-state index is 0.00659. The maximum absolute atomic E-state index is 12.6. The third-order valence-corrected chi connectivity index (χ3v) is 9.46. The van der Waals surface area contributed by atoms with Gasteiger partial charge in [-0.3, -0.25) is 9.52 Å². The summed E-state index contributed by atoms with van der Waals surface area (Å²) in [6.07, 6.45) is 1.01. The number of rotatable bonds is 7. The minimum atomic E-state index is -4.05. The fraction of sp³-hybridized carbons (Fsp3) is 0.0667. The average molecular weight is 445 g/mol. The lowest BCUT2D eigenvalue weighted by Gasteiger charge is -2.02. The number of thiophene rings is 1. The normalized spacial score (nSPS) is 12.0. The van der Waals surface area contributed by atoms with E-state index in [1.807, 2.05) is 0 Å². The van der Waals surface area contributed by atoms with E-state index < -0.39 is 25.8 Å². The van der Waals surface area contributed by atoms with Gasteiger partial charge in [0.1, 0.15) is 8.42 Å². The molecule has 0 saturated carbocycles. The Morgan fingerprint density at radius 3 is 2.33 bits per heavy atom.